The highest BCUT2D eigenvalue weighted by molar-refractivity contribution is 7.11. The first-order valence-electron chi connectivity index (χ1n) is 13.3. The monoisotopic (exact) mass is 515 g/mol. The van der Waals surface area contributed by atoms with E-state index in [2.05, 4.69) is 63.6 Å². The zero-order chi connectivity index (χ0) is 25.4. The smallest absolute Gasteiger partial charge is 0.138 e. The van der Waals surface area contributed by atoms with Crippen LogP contribution < -0.4 is 15.5 Å². The molecule has 37 heavy (non-hydrogen) atoms. The van der Waals surface area contributed by atoms with Gasteiger partial charge in [0.15, 0.2) is 0 Å². The van der Waals surface area contributed by atoms with Crippen molar-refractivity contribution in [2.45, 2.75) is 44.8 Å². The number of nitrogens with one attached hydrogen (secondary N) is 2. The molecule has 1 unspecified atom stereocenters. The van der Waals surface area contributed by atoms with E-state index in [0.29, 0.717) is 6.04 Å². The van der Waals surface area contributed by atoms with E-state index in [1.165, 1.54) is 30.2 Å². The molecule has 2 N–H and O–H groups in total. The summed E-state index contributed by atoms with van der Waals surface area (Å²) in [6.07, 6.45) is 6.42. The van der Waals surface area contributed by atoms with Crippen LogP contribution in [0.2, 0.25) is 0 Å². The molecule has 3 heterocycles. The number of halogens is 1. The maximum absolute atomic E-state index is 13.8. The summed E-state index contributed by atoms with van der Waals surface area (Å²) in [7, 11) is 0. The molecule has 2 aromatic carbocycles. The molecule has 1 aromatic heterocycles. The summed E-state index contributed by atoms with van der Waals surface area (Å²) in [5, 5.41) is 9.19. The van der Waals surface area contributed by atoms with Crippen LogP contribution in [0.4, 0.5) is 15.8 Å². The van der Waals surface area contributed by atoms with E-state index in [1.54, 1.807) is 29.8 Å². The van der Waals surface area contributed by atoms with Gasteiger partial charge in [-0.2, -0.15) is 0 Å². The maximum atomic E-state index is 13.8. The third-order valence-electron chi connectivity index (χ3n) is 7.75. The minimum absolute atomic E-state index is 0.0818. The molecule has 1 saturated carbocycles. The van der Waals surface area contributed by atoms with E-state index in [0.717, 1.165) is 65.9 Å². The van der Waals surface area contributed by atoms with Gasteiger partial charge in [-0.3, -0.25) is 10.3 Å². The number of hydrogen-bond donors (Lipinski definition) is 2. The van der Waals surface area contributed by atoms with Gasteiger partial charge >= 0.3 is 0 Å². The fourth-order valence-corrected chi connectivity index (χ4v) is 6.46. The van der Waals surface area contributed by atoms with Crippen molar-refractivity contribution in [2.24, 2.45) is 10.9 Å². The van der Waals surface area contributed by atoms with E-state index < -0.39 is 0 Å². The number of fused-ring (bicyclic) bond motifs is 1. The SMILES string of the molecule is C=C(N1CCC(NC2N=CNc3c(-c4cccc(F)c4)csc32)CC1)N(CC1CC1)c1ccccc1C. The Hall–Kier alpha value is -3.16. The number of piperidine rings is 1. The predicted octanol–water partition coefficient (Wildman–Crippen LogP) is 6.76. The largest absolute Gasteiger partial charge is 0.358 e. The number of anilines is 2. The Morgan fingerprint density at radius 3 is 2.73 bits per heavy atom. The minimum atomic E-state index is -0.219. The molecule has 1 saturated heterocycles. The number of benzene rings is 2. The van der Waals surface area contributed by atoms with E-state index in [9.17, 15) is 4.39 Å². The van der Waals surface area contributed by atoms with Crippen LogP contribution >= 0.6 is 11.3 Å². The first kappa shape index (κ1) is 24.2. The van der Waals surface area contributed by atoms with Crippen molar-refractivity contribution in [1.82, 2.24) is 10.2 Å². The second-order valence-electron chi connectivity index (χ2n) is 10.4. The Morgan fingerprint density at radius 1 is 1.16 bits per heavy atom. The third-order valence-corrected chi connectivity index (χ3v) is 8.78. The lowest BCUT2D eigenvalue weighted by atomic mass is 10.0. The second-order valence-corrected chi connectivity index (χ2v) is 11.3. The topological polar surface area (TPSA) is 42.9 Å². The fraction of sp³-hybridized carbons (Fsp3) is 0.367. The number of aliphatic imine (C=N–C) groups is 1. The second kappa shape index (κ2) is 10.3. The molecule has 6 rings (SSSR count). The average Bonchev–Trinajstić information content (AvgIpc) is 3.63. The Labute approximate surface area is 222 Å². The Bertz CT molecular complexity index is 1300. The molecule has 3 aliphatic rings. The number of aryl methyl sites for hydroxylation is 1. The van der Waals surface area contributed by atoms with Crippen molar-refractivity contribution in [3.05, 3.63) is 82.6 Å². The lowest BCUT2D eigenvalue weighted by molar-refractivity contribution is 0.228. The standard InChI is InChI=1S/C30H34FN5S/c1-20-6-3-4-9-27(20)36(17-22-10-11-22)21(2)35-14-12-25(13-15-35)34-30-29-28(32-19-33-30)26(18-37-29)23-7-5-8-24(31)16-23/h3-9,16,18-19,22,25,30,34H,2,10-15,17H2,1H3,(H,32,33). The molecule has 2 aliphatic heterocycles. The third kappa shape index (κ3) is 5.15. The van der Waals surface area contributed by atoms with Gasteiger partial charge in [-0.05, 0) is 67.9 Å². The van der Waals surface area contributed by atoms with Crippen molar-refractivity contribution < 1.29 is 4.39 Å². The van der Waals surface area contributed by atoms with Gasteiger partial charge in [-0.1, -0.05) is 36.9 Å². The van der Waals surface area contributed by atoms with Crippen molar-refractivity contribution in [3.63, 3.8) is 0 Å². The number of nitrogens with zero attached hydrogens (tertiary/aromatic N) is 3. The van der Waals surface area contributed by atoms with Gasteiger partial charge in [0, 0.05) is 42.3 Å². The lowest BCUT2D eigenvalue weighted by Crippen LogP contribution is -2.46. The van der Waals surface area contributed by atoms with Crippen molar-refractivity contribution in [2.75, 3.05) is 29.9 Å². The van der Waals surface area contributed by atoms with Crippen LogP contribution in [0.1, 0.15) is 42.3 Å². The van der Waals surface area contributed by atoms with E-state index in [1.807, 2.05) is 6.07 Å². The van der Waals surface area contributed by atoms with Crippen LogP contribution in [0, 0.1) is 18.7 Å². The number of rotatable bonds is 8. The number of para-hydroxylation sites is 1. The van der Waals surface area contributed by atoms with Crippen LogP contribution in [0.25, 0.3) is 11.1 Å². The van der Waals surface area contributed by atoms with Crippen molar-refractivity contribution in [1.29, 1.82) is 0 Å². The van der Waals surface area contributed by atoms with Gasteiger partial charge in [-0.15, -0.1) is 11.3 Å². The molecule has 0 bridgehead atoms. The van der Waals surface area contributed by atoms with Gasteiger partial charge in [0.2, 0.25) is 0 Å². The molecule has 3 aromatic rings. The van der Waals surface area contributed by atoms with Crippen LogP contribution in [0.15, 0.2) is 71.3 Å². The minimum Gasteiger partial charge on any atom is -0.358 e. The molecule has 1 atom stereocenters. The summed E-state index contributed by atoms with van der Waals surface area (Å²) >= 11 is 1.68. The molecule has 7 heteroatoms. The van der Waals surface area contributed by atoms with Gasteiger partial charge in [0.05, 0.1) is 16.9 Å². The highest BCUT2D eigenvalue weighted by Crippen LogP contribution is 2.42. The molecule has 5 nitrogen and oxygen atoms in total. The number of hydrogen-bond acceptors (Lipinski definition) is 6. The first-order chi connectivity index (χ1) is 18.1. The summed E-state index contributed by atoms with van der Waals surface area (Å²) in [4.78, 5) is 10.8. The highest BCUT2D eigenvalue weighted by atomic mass is 32.1. The summed E-state index contributed by atoms with van der Waals surface area (Å²) in [5.74, 6) is 1.69. The zero-order valence-corrected chi connectivity index (χ0v) is 22.1. The molecule has 192 valence electrons. The molecule has 0 amide bonds. The summed E-state index contributed by atoms with van der Waals surface area (Å²) in [6, 6.07) is 15.8. The van der Waals surface area contributed by atoms with E-state index in [-0.39, 0.29) is 12.0 Å². The first-order valence-corrected chi connectivity index (χ1v) is 14.1. The fourth-order valence-electron chi connectivity index (χ4n) is 5.42. The lowest BCUT2D eigenvalue weighted by Gasteiger charge is -2.41. The Kier molecular flexibility index (Phi) is 6.74. The summed E-state index contributed by atoms with van der Waals surface area (Å²) in [6.45, 7) is 9.76. The predicted molar refractivity (Wildman–Crippen MR) is 153 cm³/mol. The number of thiophene rings is 1. The van der Waals surface area contributed by atoms with Crippen LogP contribution in [0.5, 0.6) is 0 Å². The van der Waals surface area contributed by atoms with Gasteiger partial charge < -0.3 is 15.1 Å². The molecular formula is C30H34FN5S. The van der Waals surface area contributed by atoms with Crippen LogP contribution in [-0.4, -0.2) is 36.9 Å². The average molecular weight is 516 g/mol. The van der Waals surface area contributed by atoms with Crippen molar-refractivity contribution in [3.8, 4) is 11.1 Å². The Morgan fingerprint density at radius 2 is 1.97 bits per heavy atom. The van der Waals surface area contributed by atoms with E-state index >= 15 is 0 Å². The molecule has 0 spiro atoms. The molecule has 1 aliphatic carbocycles. The molecule has 0 radical (unpaired) electrons. The normalized spacial score (nSPS) is 19.4. The summed E-state index contributed by atoms with van der Waals surface area (Å²) in [5.41, 5.74) is 5.52. The Balaban J connectivity index is 1.11. The maximum Gasteiger partial charge on any atom is 0.138 e. The highest BCUT2D eigenvalue weighted by Gasteiger charge is 2.31. The van der Waals surface area contributed by atoms with Crippen LogP contribution in [0.3, 0.4) is 0 Å². The molecule has 2 fully saturated rings. The van der Waals surface area contributed by atoms with Gasteiger partial charge in [0.1, 0.15) is 17.8 Å². The van der Waals surface area contributed by atoms with Crippen LogP contribution in [-0.2, 0) is 0 Å². The quantitative estimate of drug-likeness (QED) is 0.348. The number of likely N-dealkylation sites (tertiary alicyclic amines) is 1. The molecular weight excluding hydrogens is 481 g/mol. The zero-order valence-electron chi connectivity index (χ0n) is 21.3. The van der Waals surface area contributed by atoms with Gasteiger partial charge in [0.25, 0.3) is 0 Å². The summed E-state index contributed by atoms with van der Waals surface area (Å²) < 4.78 is 13.8. The van der Waals surface area contributed by atoms with Gasteiger partial charge in [-0.25, -0.2) is 4.39 Å². The van der Waals surface area contributed by atoms with Crippen molar-refractivity contribution >= 4 is 29.1 Å². The van der Waals surface area contributed by atoms with E-state index in [4.69, 9.17) is 4.99 Å².